The molecule has 8 nitrogen and oxygen atoms in total. The van der Waals surface area contributed by atoms with Crippen molar-refractivity contribution in [2.45, 2.75) is 19.8 Å². The van der Waals surface area contributed by atoms with Crippen molar-refractivity contribution in [2.24, 2.45) is 0 Å². The molecule has 8 heteroatoms. The summed E-state index contributed by atoms with van der Waals surface area (Å²) in [4.78, 5) is 23.9. The molecule has 0 fully saturated rings. The second kappa shape index (κ2) is 9.99. The third-order valence-electron chi connectivity index (χ3n) is 5.48. The van der Waals surface area contributed by atoms with Gasteiger partial charge >= 0.3 is 5.97 Å². The first kappa shape index (κ1) is 22.7. The van der Waals surface area contributed by atoms with Crippen molar-refractivity contribution >= 4 is 17.6 Å². The summed E-state index contributed by atoms with van der Waals surface area (Å²) in [5.74, 6) is -0.353. The van der Waals surface area contributed by atoms with E-state index in [4.69, 9.17) is 4.74 Å². The molecule has 2 N–H and O–H groups in total. The molecule has 2 aromatic heterocycles. The number of carboxylic acid groups (broad SMARTS) is 1. The zero-order valence-corrected chi connectivity index (χ0v) is 18.9. The summed E-state index contributed by atoms with van der Waals surface area (Å²) in [6.45, 7) is 1.93. The predicted octanol–water partition coefficient (Wildman–Crippen LogP) is 4.52. The van der Waals surface area contributed by atoms with Gasteiger partial charge in [-0.15, -0.1) is 0 Å². The Morgan fingerprint density at radius 2 is 1.82 bits per heavy atom. The molecule has 0 saturated heterocycles. The van der Waals surface area contributed by atoms with E-state index in [1.165, 1.54) is 12.4 Å². The van der Waals surface area contributed by atoms with Crippen molar-refractivity contribution in [3.05, 3.63) is 89.9 Å². The highest BCUT2D eigenvalue weighted by Crippen LogP contribution is 2.30. The van der Waals surface area contributed by atoms with E-state index in [2.05, 4.69) is 20.1 Å². The lowest BCUT2D eigenvalue weighted by Gasteiger charge is -2.17. The van der Waals surface area contributed by atoms with Crippen molar-refractivity contribution in [3.63, 3.8) is 0 Å². The fourth-order valence-corrected chi connectivity index (χ4v) is 3.80. The minimum absolute atomic E-state index is 0.0194. The van der Waals surface area contributed by atoms with Crippen LogP contribution >= 0.6 is 0 Å². The number of amides is 1. The zero-order valence-electron chi connectivity index (χ0n) is 18.9. The molecule has 4 rings (SSSR count). The van der Waals surface area contributed by atoms with Crippen LogP contribution in [0.2, 0.25) is 0 Å². The van der Waals surface area contributed by atoms with E-state index in [1.807, 2.05) is 55.5 Å². The maximum Gasteiger partial charge on any atom is 0.303 e. The van der Waals surface area contributed by atoms with Crippen LogP contribution in [0.1, 0.15) is 28.0 Å². The molecule has 0 aliphatic carbocycles. The summed E-state index contributed by atoms with van der Waals surface area (Å²) in [5.41, 5.74) is 5.57. The van der Waals surface area contributed by atoms with E-state index in [0.717, 1.165) is 34.0 Å². The summed E-state index contributed by atoms with van der Waals surface area (Å²) in [7, 11) is 1.62. The maximum absolute atomic E-state index is 12.7. The first-order chi connectivity index (χ1) is 16.5. The fraction of sp³-hybridized carbons (Fsp3) is 0.154. The minimum Gasteiger partial charge on any atom is -0.497 e. The van der Waals surface area contributed by atoms with Gasteiger partial charge in [-0.05, 0) is 85.1 Å². The molecular weight excluding hydrogens is 432 g/mol. The molecule has 0 unspecified atom stereocenters. The molecule has 4 aromatic rings. The molecule has 0 atom stereocenters. The topological polar surface area (TPSA) is 106 Å². The number of carbonyl (C=O) groups is 2. The highest BCUT2D eigenvalue weighted by molar-refractivity contribution is 6.04. The molecule has 34 heavy (non-hydrogen) atoms. The molecular formula is C26H24N4O4. The van der Waals surface area contributed by atoms with Crippen molar-refractivity contribution in [3.8, 4) is 22.7 Å². The SMILES string of the molecule is COc1ccc(-c2ccc(CCC(=O)O)n2-c2ccc(C(=O)Nc3ccnnc3)cc2C)cc1. The van der Waals surface area contributed by atoms with E-state index < -0.39 is 5.97 Å². The summed E-state index contributed by atoms with van der Waals surface area (Å²) in [5, 5.41) is 19.5. The van der Waals surface area contributed by atoms with Crippen LogP contribution in [-0.2, 0) is 11.2 Å². The lowest BCUT2D eigenvalue weighted by molar-refractivity contribution is -0.136. The number of nitrogens with one attached hydrogen (secondary N) is 1. The Labute approximate surface area is 196 Å². The van der Waals surface area contributed by atoms with Crippen molar-refractivity contribution in [1.82, 2.24) is 14.8 Å². The van der Waals surface area contributed by atoms with Crippen molar-refractivity contribution < 1.29 is 19.4 Å². The summed E-state index contributed by atoms with van der Waals surface area (Å²) < 4.78 is 7.32. The maximum atomic E-state index is 12.7. The first-order valence-corrected chi connectivity index (χ1v) is 10.7. The van der Waals surface area contributed by atoms with Gasteiger partial charge in [-0.1, -0.05) is 0 Å². The third kappa shape index (κ3) is 4.96. The minimum atomic E-state index is -0.854. The largest absolute Gasteiger partial charge is 0.497 e. The van der Waals surface area contributed by atoms with Gasteiger partial charge in [-0.3, -0.25) is 9.59 Å². The lowest BCUT2D eigenvalue weighted by atomic mass is 10.1. The lowest BCUT2D eigenvalue weighted by Crippen LogP contribution is -2.13. The Balaban J connectivity index is 1.71. The van der Waals surface area contributed by atoms with Gasteiger partial charge in [-0.2, -0.15) is 10.2 Å². The Kier molecular flexibility index (Phi) is 6.68. The molecule has 0 aliphatic rings. The molecule has 0 saturated carbocycles. The highest BCUT2D eigenvalue weighted by atomic mass is 16.5. The van der Waals surface area contributed by atoms with E-state index in [0.29, 0.717) is 17.7 Å². The Morgan fingerprint density at radius 3 is 2.47 bits per heavy atom. The molecule has 0 aliphatic heterocycles. The summed E-state index contributed by atoms with van der Waals surface area (Å²) >= 11 is 0. The number of aryl methyl sites for hydroxylation is 2. The summed E-state index contributed by atoms with van der Waals surface area (Å²) in [6, 6.07) is 18.7. The number of methoxy groups -OCH3 is 1. The molecule has 172 valence electrons. The molecule has 1 amide bonds. The average Bonchev–Trinajstić information content (AvgIpc) is 3.27. The first-order valence-electron chi connectivity index (χ1n) is 10.7. The quantitative estimate of drug-likeness (QED) is 0.404. The van der Waals surface area contributed by atoms with Gasteiger partial charge in [0.25, 0.3) is 5.91 Å². The Morgan fingerprint density at radius 1 is 1.03 bits per heavy atom. The Hall–Kier alpha value is -4.46. The van der Waals surface area contributed by atoms with E-state index in [9.17, 15) is 14.7 Å². The number of carbonyl (C=O) groups excluding carboxylic acids is 1. The number of hydrogen-bond acceptors (Lipinski definition) is 5. The number of rotatable bonds is 8. The molecule has 2 aromatic carbocycles. The number of nitrogens with zero attached hydrogens (tertiary/aromatic N) is 3. The van der Waals surface area contributed by atoms with Crippen LogP contribution in [0.5, 0.6) is 5.75 Å². The van der Waals surface area contributed by atoms with Crippen molar-refractivity contribution in [2.75, 3.05) is 12.4 Å². The molecule has 2 heterocycles. The molecule has 0 bridgehead atoms. The Bertz CT molecular complexity index is 1310. The van der Waals surface area contributed by atoms with E-state index in [1.54, 1.807) is 19.2 Å². The van der Waals surface area contributed by atoms with E-state index >= 15 is 0 Å². The number of benzene rings is 2. The normalized spacial score (nSPS) is 10.6. The zero-order chi connectivity index (χ0) is 24.1. The second-order valence-electron chi connectivity index (χ2n) is 7.75. The van der Waals surface area contributed by atoms with Gasteiger partial charge in [0.05, 0.1) is 37.3 Å². The third-order valence-corrected chi connectivity index (χ3v) is 5.48. The van der Waals surface area contributed by atoms with Crippen LogP contribution in [0.25, 0.3) is 16.9 Å². The number of anilines is 1. The van der Waals surface area contributed by atoms with Gasteiger partial charge in [0.15, 0.2) is 0 Å². The molecule has 0 radical (unpaired) electrons. The summed E-state index contributed by atoms with van der Waals surface area (Å²) in [6.07, 6.45) is 3.39. The number of aromatic nitrogens is 3. The van der Waals surface area contributed by atoms with Gasteiger partial charge < -0.3 is 19.7 Å². The van der Waals surface area contributed by atoms with Gasteiger partial charge in [0, 0.05) is 16.9 Å². The number of ether oxygens (including phenoxy) is 1. The highest BCUT2D eigenvalue weighted by Gasteiger charge is 2.16. The van der Waals surface area contributed by atoms with Crippen LogP contribution in [0, 0.1) is 6.92 Å². The smallest absolute Gasteiger partial charge is 0.303 e. The second-order valence-corrected chi connectivity index (χ2v) is 7.75. The van der Waals surface area contributed by atoms with E-state index in [-0.39, 0.29) is 12.3 Å². The monoisotopic (exact) mass is 456 g/mol. The predicted molar refractivity (Wildman–Crippen MR) is 128 cm³/mol. The molecule has 0 spiro atoms. The number of hydrogen-bond donors (Lipinski definition) is 2. The average molecular weight is 457 g/mol. The van der Waals surface area contributed by atoms with Crippen molar-refractivity contribution in [1.29, 1.82) is 0 Å². The number of carboxylic acids is 1. The van der Waals surface area contributed by atoms with Crippen LogP contribution in [0.3, 0.4) is 0 Å². The van der Waals surface area contributed by atoms with Gasteiger partial charge in [0.2, 0.25) is 0 Å². The fourth-order valence-electron chi connectivity index (χ4n) is 3.80. The van der Waals surface area contributed by atoms with Crippen LogP contribution < -0.4 is 10.1 Å². The number of aliphatic carboxylic acids is 1. The van der Waals surface area contributed by atoms with Gasteiger partial charge in [0.1, 0.15) is 5.75 Å². The van der Waals surface area contributed by atoms with Crippen LogP contribution in [-0.4, -0.2) is 38.9 Å². The van der Waals surface area contributed by atoms with Gasteiger partial charge in [-0.25, -0.2) is 0 Å². The standard InChI is InChI=1S/C26H24N4O4/c1-17-15-19(26(33)29-20-13-14-27-28-16-20)5-10-23(17)30-21(7-12-25(31)32)6-11-24(30)18-3-8-22(34-2)9-4-18/h3-6,8-11,13-16H,7,12H2,1-2H3,(H,31,32)(H,27,29,33). The van der Waals surface area contributed by atoms with Crippen LogP contribution in [0.15, 0.2) is 73.1 Å². The van der Waals surface area contributed by atoms with Crippen LogP contribution in [0.4, 0.5) is 5.69 Å².